The number of aromatic nitrogens is 3. The predicted molar refractivity (Wildman–Crippen MR) is 109 cm³/mol. The first-order chi connectivity index (χ1) is 15.3. The maximum atomic E-state index is 14.4. The minimum atomic E-state index is -2.89. The second kappa shape index (κ2) is 7.64. The van der Waals surface area contributed by atoms with Crippen molar-refractivity contribution in [3.8, 4) is 0 Å². The molecule has 168 valence electrons. The van der Waals surface area contributed by atoms with E-state index in [-0.39, 0.29) is 30.4 Å². The second-order valence-electron chi connectivity index (χ2n) is 8.08. The summed E-state index contributed by atoms with van der Waals surface area (Å²) < 4.78 is 56.4. The lowest BCUT2D eigenvalue weighted by Crippen LogP contribution is -2.35. The summed E-state index contributed by atoms with van der Waals surface area (Å²) >= 11 is 0. The zero-order valence-corrected chi connectivity index (χ0v) is 16.9. The Hall–Kier alpha value is -3.37. The topological polar surface area (TPSA) is 65.8 Å². The molecule has 1 atom stereocenters. The quantitative estimate of drug-likeness (QED) is 0.610. The molecule has 0 radical (unpaired) electrons. The average Bonchev–Trinajstić information content (AvgIpc) is 3.48. The minimum absolute atomic E-state index is 0.0388. The molecule has 2 saturated heterocycles. The molecule has 0 saturated carbocycles. The maximum absolute atomic E-state index is 14.4. The molecule has 2 amide bonds. The fraction of sp³-hybridized carbons (Fsp3) is 0.381. The van der Waals surface area contributed by atoms with Crippen LogP contribution in [0.15, 0.2) is 36.5 Å². The van der Waals surface area contributed by atoms with Gasteiger partial charge in [0.05, 0.1) is 18.8 Å². The number of carbonyl (C=O) groups is 1. The molecule has 11 heteroatoms. The summed E-state index contributed by atoms with van der Waals surface area (Å²) in [5.74, 6) is -3.15. The van der Waals surface area contributed by atoms with Gasteiger partial charge in [0.15, 0.2) is 11.5 Å². The summed E-state index contributed by atoms with van der Waals surface area (Å²) in [7, 11) is 0. The van der Waals surface area contributed by atoms with E-state index in [1.165, 1.54) is 16.8 Å². The summed E-state index contributed by atoms with van der Waals surface area (Å²) in [5, 5.41) is 7.12. The number of amides is 2. The second-order valence-corrected chi connectivity index (χ2v) is 8.08. The van der Waals surface area contributed by atoms with Gasteiger partial charge in [-0.05, 0) is 43.2 Å². The molecule has 32 heavy (non-hydrogen) atoms. The molecule has 7 nitrogen and oxygen atoms in total. The number of fused-ring (bicyclic) bond motifs is 1. The summed E-state index contributed by atoms with van der Waals surface area (Å²) in [4.78, 5) is 19.5. The molecule has 1 unspecified atom stereocenters. The van der Waals surface area contributed by atoms with Crippen LogP contribution in [0, 0.1) is 11.6 Å². The van der Waals surface area contributed by atoms with E-state index in [1.54, 1.807) is 12.1 Å². The fourth-order valence-corrected chi connectivity index (χ4v) is 4.33. The lowest BCUT2D eigenvalue weighted by atomic mass is 10.0. The molecule has 2 aliphatic heterocycles. The van der Waals surface area contributed by atoms with E-state index in [4.69, 9.17) is 0 Å². The normalized spacial score (nSPS) is 20.3. The lowest BCUT2D eigenvalue weighted by molar-refractivity contribution is 0.0159. The maximum Gasteiger partial charge on any atom is 0.323 e. The Morgan fingerprint density at radius 1 is 1.16 bits per heavy atom. The standard InChI is InChI=1S/C21H20F4N6O/c22-13-3-4-15(23)14(10-13)16-2-1-8-30(16)18-6-5-17-26-11-19(31(17)28-18)27-20(32)29-9-7-21(24,25)12-29/h3-6,10-11,16H,1-2,7-9,12H2,(H,27,32). The number of imidazole rings is 1. The number of alkyl halides is 2. The summed E-state index contributed by atoms with van der Waals surface area (Å²) in [6.45, 7) is -0.0792. The van der Waals surface area contributed by atoms with Crippen LogP contribution in [0.3, 0.4) is 0 Å². The van der Waals surface area contributed by atoms with E-state index in [0.29, 0.717) is 24.4 Å². The summed E-state index contributed by atoms with van der Waals surface area (Å²) in [6.07, 6.45) is 2.43. The number of hydrogen-bond acceptors (Lipinski definition) is 4. The number of urea groups is 1. The highest BCUT2D eigenvalue weighted by molar-refractivity contribution is 5.89. The van der Waals surface area contributed by atoms with Gasteiger partial charge in [-0.3, -0.25) is 5.32 Å². The molecule has 0 spiro atoms. The van der Waals surface area contributed by atoms with Crippen molar-refractivity contribution in [3.63, 3.8) is 0 Å². The molecule has 0 bridgehead atoms. The lowest BCUT2D eigenvalue weighted by Gasteiger charge is -2.26. The number of rotatable bonds is 3. The van der Waals surface area contributed by atoms with Gasteiger partial charge in [-0.2, -0.15) is 4.52 Å². The molecule has 2 fully saturated rings. The van der Waals surface area contributed by atoms with Crippen LogP contribution < -0.4 is 10.2 Å². The zero-order chi connectivity index (χ0) is 22.5. The van der Waals surface area contributed by atoms with Crippen LogP contribution in [0.4, 0.5) is 34.0 Å². The first kappa shape index (κ1) is 20.5. The van der Waals surface area contributed by atoms with Crippen molar-refractivity contribution < 1.29 is 22.4 Å². The Balaban J connectivity index is 1.42. The van der Waals surface area contributed by atoms with E-state index in [2.05, 4.69) is 15.4 Å². The Kier molecular flexibility index (Phi) is 4.90. The first-order valence-corrected chi connectivity index (χ1v) is 10.3. The smallest absolute Gasteiger partial charge is 0.323 e. The van der Waals surface area contributed by atoms with Crippen LogP contribution in [0.25, 0.3) is 5.65 Å². The molecule has 2 aliphatic rings. The third-order valence-corrected chi connectivity index (χ3v) is 5.90. The Morgan fingerprint density at radius 2 is 2.00 bits per heavy atom. The van der Waals surface area contributed by atoms with Gasteiger partial charge in [-0.15, -0.1) is 5.10 Å². The van der Waals surface area contributed by atoms with Crippen molar-refractivity contribution in [2.75, 3.05) is 29.9 Å². The molecule has 4 heterocycles. The first-order valence-electron chi connectivity index (χ1n) is 10.3. The third kappa shape index (κ3) is 3.71. The van der Waals surface area contributed by atoms with E-state index < -0.39 is 30.1 Å². The van der Waals surface area contributed by atoms with Gasteiger partial charge < -0.3 is 9.80 Å². The zero-order valence-electron chi connectivity index (χ0n) is 16.9. The van der Waals surface area contributed by atoms with Crippen molar-refractivity contribution in [1.82, 2.24) is 19.5 Å². The van der Waals surface area contributed by atoms with Crippen LogP contribution in [0.1, 0.15) is 30.9 Å². The molecule has 0 aliphatic carbocycles. The van der Waals surface area contributed by atoms with Crippen molar-refractivity contribution in [2.45, 2.75) is 31.2 Å². The van der Waals surface area contributed by atoms with Gasteiger partial charge >= 0.3 is 6.03 Å². The highest BCUT2D eigenvalue weighted by Gasteiger charge is 2.40. The molecule has 5 rings (SSSR count). The number of nitrogens with one attached hydrogen (secondary N) is 1. The number of nitrogens with zero attached hydrogens (tertiary/aromatic N) is 5. The Bertz CT molecular complexity index is 1180. The average molecular weight is 448 g/mol. The van der Waals surface area contributed by atoms with E-state index in [9.17, 15) is 22.4 Å². The van der Waals surface area contributed by atoms with Crippen LogP contribution in [-0.4, -0.2) is 51.1 Å². The Labute approximate surface area is 180 Å². The van der Waals surface area contributed by atoms with E-state index in [1.807, 2.05) is 4.90 Å². The van der Waals surface area contributed by atoms with Gasteiger partial charge in [0, 0.05) is 25.1 Å². The van der Waals surface area contributed by atoms with Gasteiger partial charge in [0.2, 0.25) is 0 Å². The molecular weight excluding hydrogens is 428 g/mol. The SMILES string of the molecule is O=C(Nc1cnc2ccc(N3CCCC3c3cc(F)ccc3F)nn12)N1CCC(F)(F)C1. The van der Waals surface area contributed by atoms with Crippen LogP contribution in [-0.2, 0) is 0 Å². The number of anilines is 2. The van der Waals surface area contributed by atoms with Gasteiger partial charge in [-0.1, -0.05) is 0 Å². The molecule has 3 aromatic rings. The molecule has 2 aromatic heterocycles. The van der Waals surface area contributed by atoms with E-state index in [0.717, 1.165) is 23.5 Å². The van der Waals surface area contributed by atoms with Gasteiger partial charge in [0.25, 0.3) is 5.92 Å². The van der Waals surface area contributed by atoms with E-state index >= 15 is 0 Å². The largest absolute Gasteiger partial charge is 0.348 e. The monoisotopic (exact) mass is 448 g/mol. The van der Waals surface area contributed by atoms with Crippen molar-refractivity contribution >= 4 is 23.3 Å². The van der Waals surface area contributed by atoms with Crippen molar-refractivity contribution in [2.24, 2.45) is 0 Å². The summed E-state index contributed by atoms with van der Waals surface area (Å²) in [6, 6.07) is 5.78. The number of benzene rings is 1. The molecular formula is C21H20F4N6O. The highest BCUT2D eigenvalue weighted by atomic mass is 19.3. The van der Waals surface area contributed by atoms with Gasteiger partial charge in [0.1, 0.15) is 17.5 Å². The summed E-state index contributed by atoms with van der Waals surface area (Å²) in [5.41, 5.74) is 0.710. The number of carbonyl (C=O) groups excluding carboxylic acids is 1. The molecule has 1 N–H and O–H groups in total. The van der Waals surface area contributed by atoms with Crippen molar-refractivity contribution in [3.05, 3.63) is 53.7 Å². The Morgan fingerprint density at radius 3 is 2.78 bits per heavy atom. The number of likely N-dealkylation sites (tertiary alicyclic amines) is 1. The van der Waals surface area contributed by atoms with Crippen LogP contribution in [0.5, 0.6) is 0 Å². The van der Waals surface area contributed by atoms with Gasteiger partial charge in [-0.25, -0.2) is 27.3 Å². The van der Waals surface area contributed by atoms with Crippen LogP contribution in [0.2, 0.25) is 0 Å². The van der Waals surface area contributed by atoms with Crippen LogP contribution >= 0.6 is 0 Å². The third-order valence-electron chi connectivity index (χ3n) is 5.90. The highest BCUT2D eigenvalue weighted by Crippen LogP contribution is 2.37. The minimum Gasteiger partial charge on any atom is -0.348 e. The molecule has 1 aromatic carbocycles. The van der Waals surface area contributed by atoms with Crippen molar-refractivity contribution in [1.29, 1.82) is 0 Å². The predicted octanol–water partition coefficient (Wildman–Crippen LogP) is 4.22. The fourth-order valence-electron chi connectivity index (χ4n) is 4.33. The number of halogens is 4. The number of hydrogen-bond donors (Lipinski definition) is 1.